The molecule has 2 rings (SSSR count). The molecule has 4 heteroatoms. The van der Waals surface area contributed by atoms with Crippen molar-refractivity contribution < 1.29 is 4.42 Å². The van der Waals surface area contributed by atoms with Gasteiger partial charge in [0.25, 0.3) is 0 Å². The number of fused-ring (bicyclic) bond motifs is 1. The maximum Gasteiger partial charge on any atom is 0.137 e. The van der Waals surface area contributed by atoms with Gasteiger partial charge in [-0.05, 0) is 24.3 Å². The number of nitrogens with one attached hydrogen (secondary N) is 1. The Hall–Kier alpha value is -0.970. The largest absolute Gasteiger partial charge is 0.459 e. The lowest BCUT2D eigenvalue weighted by Crippen LogP contribution is -2.29. The van der Waals surface area contributed by atoms with Crippen molar-refractivity contribution in [1.82, 2.24) is 5.43 Å². The average Bonchev–Trinajstić information content (AvgIpc) is 2.75. The van der Waals surface area contributed by atoms with E-state index in [1.807, 2.05) is 17.8 Å². The molecule has 1 aromatic carbocycles. The smallest absolute Gasteiger partial charge is 0.137 e. The van der Waals surface area contributed by atoms with Gasteiger partial charge in [0.1, 0.15) is 11.3 Å². The fourth-order valence-corrected chi connectivity index (χ4v) is 2.58. The number of thioether (sulfide) groups is 1. The average molecular weight is 250 g/mol. The molecule has 1 unspecified atom stereocenters. The normalized spacial score (nSPS) is 13.1. The highest BCUT2D eigenvalue weighted by Crippen LogP contribution is 2.27. The van der Waals surface area contributed by atoms with Crippen LogP contribution in [0.3, 0.4) is 0 Å². The van der Waals surface area contributed by atoms with E-state index in [9.17, 15) is 0 Å². The quantitative estimate of drug-likeness (QED) is 0.632. The molecule has 0 saturated carbocycles. The Morgan fingerprint density at radius 2 is 2.29 bits per heavy atom. The van der Waals surface area contributed by atoms with E-state index < -0.39 is 0 Å². The molecule has 0 saturated heterocycles. The fraction of sp³-hybridized carbons (Fsp3) is 0.385. The molecule has 92 valence electrons. The van der Waals surface area contributed by atoms with E-state index in [-0.39, 0.29) is 6.04 Å². The number of para-hydroxylation sites is 1. The van der Waals surface area contributed by atoms with Crippen molar-refractivity contribution in [2.45, 2.75) is 19.9 Å². The zero-order valence-electron chi connectivity index (χ0n) is 10.2. The van der Waals surface area contributed by atoms with Gasteiger partial charge < -0.3 is 4.42 Å². The summed E-state index contributed by atoms with van der Waals surface area (Å²) in [6, 6.07) is 8.31. The van der Waals surface area contributed by atoms with Crippen molar-refractivity contribution in [2.75, 3.05) is 11.5 Å². The molecule has 17 heavy (non-hydrogen) atoms. The van der Waals surface area contributed by atoms with E-state index in [0.29, 0.717) is 0 Å². The third-order valence-corrected chi connectivity index (χ3v) is 3.77. The topological polar surface area (TPSA) is 51.2 Å². The Kier molecular flexibility index (Phi) is 4.10. The number of furan rings is 1. The number of hydrazine groups is 1. The monoisotopic (exact) mass is 250 g/mol. The molecule has 0 aliphatic carbocycles. The van der Waals surface area contributed by atoms with Gasteiger partial charge in [0.2, 0.25) is 0 Å². The van der Waals surface area contributed by atoms with Gasteiger partial charge in [-0.15, -0.1) is 0 Å². The second-order valence-electron chi connectivity index (χ2n) is 4.02. The third kappa shape index (κ3) is 2.65. The number of benzene rings is 1. The summed E-state index contributed by atoms with van der Waals surface area (Å²) in [6.07, 6.45) is 0. The first kappa shape index (κ1) is 12.5. The van der Waals surface area contributed by atoms with Crippen LogP contribution in [0.25, 0.3) is 11.0 Å². The molecular formula is C13H18N2OS. The summed E-state index contributed by atoms with van der Waals surface area (Å²) < 4.78 is 5.89. The summed E-state index contributed by atoms with van der Waals surface area (Å²) in [4.78, 5) is 0. The van der Waals surface area contributed by atoms with E-state index >= 15 is 0 Å². The van der Waals surface area contributed by atoms with Crippen molar-refractivity contribution in [3.63, 3.8) is 0 Å². The minimum atomic E-state index is 0.0757. The molecular weight excluding hydrogens is 232 g/mol. The Bertz CT molecular complexity index is 495. The maximum absolute atomic E-state index is 5.89. The van der Waals surface area contributed by atoms with Gasteiger partial charge in [-0.25, -0.2) is 5.43 Å². The van der Waals surface area contributed by atoms with Crippen molar-refractivity contribution in [2.24, 2.45) is 5.84 Å². The van der Waals surface area contributed by atoms with Crippen molar-refractivity contribution >= 4 is 22.7 Å². The van der Waals surface area contributed by atoms with E-state index in [2.05, 4.69) is 37.5 Å². The highest BCUT2D eigenvalue weighted by Gasteiger charge is 2.15. The summed E-state index contributed by atoms with van der Waals surface area (Å²) in [5, 5.41) is 1.14. The molecule has 0 fully saturated rings. The molecule has 3 nitrogen and oxygen atoms in total. The first-order valence-corrected chi connectivity index (χ1v) is 6.94. The second-order valence-corrected chi connectivity index (χ2v) is 5.34. The van der Waals surface area contributed by atoms with Crippen molar-refractivity contribution in [3.05, 3.63) is 35.6 Å². The first-order valence-electron chi connectivity index (χ1n) is 5.79. The molecule has 2 aromatic rings. The summed E-state index contributed by atoms with van der Waals surface area (Å²) in [5.41, 5.74) is 4.94. The number of hydrogen-bond acceptors (Lipinski definition) is 4. The first-order chi connectivity index (χ1) is 8.26. The summed E-state index contributed by atoms with van der Waals surface area (Å²) in [6.45, 7) is 4.20. The number of rotatable bonds is 5. The van der Waals surface area contributed by atoms with Crippen molar-refractivity contribution in [3.8, 4) is 0 Å². The maximum atomic E-state index is 5.89. The van der Waals surface area contributed by atoms with Crippen LogP contribution in [0.1, 0.15) is 24.3 Å². The zero-order chi connectivity index (χ0) is 12.3. The summed E-state index contributed by atoms with van der Waals surface area (Å²) >= 11 is 1.85. The molecule has 0 amide bonds. The predicted molar refractivity (Wildman–Crippen MR) is 74.0 cm³/mol. The number of nitrogens with two attached hydrogens (primary N) is 1. The summed E-state index contributed by atoms with van der Waals surface area (Å²) in [5.74, 6) is 8.50. The summed E-state index contributed by atoms with van der Waals surface area (Å²) in [7, 11) is 0. The van der Waals surface area contributed by atoms with Crippen LogP contribution in [0, 0.1) is 6.92 Å². The zero-order valence-corrected chi connectivity index (χ0v) is 11.0. The SMILES string of the molecule is CCSCC(NN)c1cc2cccc(C)c2o1. The van der Waals surface area contributed by atoms with Gasteiger partial charge in [0.15, 0.2) is 0 Å². The molecule has 0 radical (unpaired) electrons. The van der Waals surface area contributed by atoms with E-state index in [4.69, 9.17) is 10.3 Å². The number of hydrogen-bond donors (Lipinski definition) is 2. The minimum Gasteiger partial charge on any atom is -0.459 e. The van der Waals surface area contributed by atoms with Crippen LogP contribution in [0.15, 0.2) is 28.7 Å². The lowest BCUT2D eigenvalue weighted by atomic mass is 10.1. The molecule has 0 spiro atoms. The Balaban J connectivity index is 2.31. The van der Waals surface area contributed by atoms with Gasteiger partial charge in [-0.2, -0.15) is 11.8 Å². The fourth-order valence-electron chi connectivity index (χ4n) is 1.85. The molecule has 1 heterocycles. The van der Waals surface area contributed by atoms with Gasteiger partial charge >= 0.3 is 0 Å². The van der Waals surface area contributed by atoms with Gasteiger partial charge in [-0.1, -0.05) is 25.1 Å². The highest BCUT2D eigenvalue weighted by molar-refractivity contribution is 7.99. The van der Waals surface area contributed by atoms with Crippen molar-refractivity contribution in [1.29, 1.82) is 0 Å². The molecule has 1 atom stereocenters. The lowest BCUT2D eigenvalue weighted by molar-refractivity contribution is 0.463. The molecule has 3 N–H and O–H groups in total. The number of aryl methyl sites for hydroxylation is 1. The predicted octanol–water partition coefficient (Wildman–Crippen LogP) is 3.00. The Morgan fingerprint density at radius 3 is 2.94 bits per heavy atom. The van der Waals surface area contributed by atoms with Gasteiger partial charge in [0, 0.05) is 11.1 Å². The van der Waals surface area contributed by atoms with Gasteiger partial charge in [0.05, 0.1) is 6.04 Å². The van der Waals surface area contributed by atoms with E-state index in [1.165, 1.54) is 0 Å². The lowest BCUT2D eigenvalue weighted by Gasteiger charge is -2.11. The second kappa shape index (κ2) is 5.58. The molecule has 0 aliphatic rings. The van der Waals surface area contributed by atoms with E-state index in [1.54, 1.807) is 0 Å². The highest BCUT2D eigenvalue weighted by atomic mass is 32.2. The van der Waals surface area contributed by atoms with Crippen LogP contribution in [-0.2, 0) is 0 Å². The van der Waals surface area contributed by atoms with Crippen LogP contribution >= 0.6 is 11.8 Å². The molecule has 1 aromatic heterocycles. The molecule has 0 bridgehead atoms. The van der Waals surface area contributed by atoms with Crippen LogP contribution in [0.2, 0.25) is 0 Å². The van der Waals surface area contributed by atoms with Gasteiger partial charge in [-0.3, -0.25) is 5.84 Å². The Morgan fingerprint density at radius 1 is 1.47 bits per heavy atom. The molecule has 0 aliphatic heterocycles. The van der Waals surface area contributed by atoms with Crippen LogP contribution in [0.5, 0.6) is 0 Å². The Labute approximate surface area is 106 Å². The minimum absolute atomic E-state index is 0.0757. The standard InChI is InChI=1S/C13H18N2OS/c1-3-17-8-11(15-14)12-7-10-6-4-5-9(2)13(10)16-12/h4-7,11,15H,3,8,14H2,1-2H3. The van der Waals surface area contributed by atoms with Crippen LogP contribution < -0.4 is 11.3 Å². The third-order valence-electron chi connectivity index (χ3n) is 2.79. The van der Waals surface area contributed by atoms with E-state index in [0.717, 1.165) is 33.8 Å². The van der Waals surface area contributed by atoms with Crippen LogP contribution in [0.4, 0.5) is 0 Å². The van der Waals surface area contributed by atoms with Crippen LogP contribution in [-0.4, -0.2) is 11.5 Å².